The molecule has 12 aromatic heterocycles. The van der Waals surface area contributed by atoms with Crippen LogP contribution in [0.5, 0.6) is 0 Å². The molecule has 0 bridgehead atoms. The zero-order valence-electron chi connectivity index (χ0n) is 65.0. The third-order valence-corrected chi connectivity index (χ3v) is 25.6. The number of thiazole rings is 4. The van der Waals surface area contributed by atoms with Crippen LogP contribution in [0.15, 0.2) is 144 Å². The van der Waals surface area contributed by atoms with Crippen molar-refractivity contribution in [2.45, 2.75) is 92.9 Å². The Bertz CT molecular complexity index is 5790. The van der Waals surface area contributed by atoms with Gasteiger partial charge in [-0.15, -0.1) is 45.3 Å². The smallest absolute Gasteiger partial charge is 0.365 e. The fourth-order valence-electron chi connectivity index (χ4n) is 15.0. The number of carbonyl (C=O) groups excluding carboxylic acids is 3. The number of morpholine rings is 2. The molecule has 3 fully saturated rings. The molecule has 586 valence electrons. The van der Waals surface area contributed by atoms with Gasteiger partial charge in [-0.05, 0) is 139 Å². The van der Waals surface area contributed by atoms with Crippen LogP contribution in [0.2, 0.25) is 0 Å². The number of nitrogens with one attached hydrogen (secondary N) is 4. The van der Waals surface area contributed by atoms with Crippen LogP contribution in [0.25, 0.3) is 111 Å². The average molecular weight is 1600 g/mol. The Morgan fingerprint density at radius 3 is 1.09 bits per heavy atom. The topological polar surface area (TPSA) is 286 Å². The van der Waals surface area contributed by atoms with Crippen molar-refractivity contribution in [2.75, 3.05) is 85.8 Å². The second-order valence-electron chi connectivity index (χ2n) is 31.7. The van der Waals surface area contributed by atoms with Gasteiger partial charge in [0.2, 0.25) is 5.01 Å². The second kappa shape index (κ2) is 33.5. The van der Waals surface area contributed by atoms with E-state index in [1.54, 1.807) is 5.38 Å². The molecule has 4 aliphatic carbocycles. The number of piperazine rings is 1. The molecule has 7 aliphatic rings. The lowest BCUT2D eigenvalue weighted by Gasteiger charge is -2.31. The monoisotopic (exact) mass is 1600 g/mol. The van der Waals surface area contributed by atoms with Crippen LogP contribution < -0.4 is 0 Å². The summed E-state index contributed by atoms with van der Waals surface area (Å²) in [4.78, 5) is 107. The summed E-state index contributed by atoms with van der Waals surface area (Å²) in [5, 5.41) is 22.5. The maximum atomic E-state index is 12.9. The lowest BCUT2D eigenvalue weighted by molar-refractivity contribution is 0.0301. The fraction of sp³-hybridized carbons (Fsp3) is 0.356. The van der Waals surface area contributed by atoms with Crippen LogP contribution in [0.3, 0.4) is 0 Å². The van der Waals surface area contributed by atoms with Gasteiger partial charge in [0.25, 0.3) is 17.7 Å². The van der Waals surface area contributed by atoms with Crippen molar-refractivity contribution < 1.29 is 33.8 Å². The van der Waals surface area contributed by atoms with Gasteiger partial charge in [-0.3, -0.25) is 14.4 Å². The lowest BCUT2D eigenvalue weighted by Crippen LogP contribution is -2.47. The number of hydrogen-bond acceptors (Lipinski definition) is 19. The SMILES string of the molecule is CC1(C)C=CC(c2cnc3[nH]cc(-c4csc(C(=O)N5CCOCC5)n4)c3c2)=CC1.CC1(C)C=CC(c2cnc3[nH]cc(-c4csc(C(=O)O)n4)c3c2)=CC1.CC1CC=C(c2cnc3[nH]cc(-c4csc(C(=O)N5CCN(C)CC5)n4)c3c2)CC1.CC1CC=C(c2cnc3[nH]cc(-c4csc(C(=O)N5CCOCC5)n4)c3c2)CC1. The van der Waals surface area contributed by atoms with E-state index >= 15 is 0 Å². The van der Waals surface area contributed by atoms with E-state index in [2.05, 4.69) is 181 Å². The number of allylic oxidation sites excluding steroid dienone is 12. The van der Waals surface area contributed by atoms with Crippen LogP contribution in [-0.4, -0.2) is 194 Å². The number of fused-ring (bicyclic) bond motifs is 4. The molecule has 0 aromatic carbocycles. The van der Waals surface area contributed by atoms with Crippen molar-refractivity contribution in [3.05, 3.63) is 186 Å². The number of H-pyrrole nitrogens is 4. The van der Waals surface area contributed by atoms with Gasteiger partial charge >= 0.3 is 5.97 Å². The third kappa shape index (κ3) is 17.3. The minimum atomic E-state index is -1.00. The number of likely N-dealkylation sites (N-methyl/N-ethyl adjacent to an activating group) is 1. The largest absolute Gasteiger partial charge is 0.476 e. The number of aromatic nitrogens is 12. The van der Waals surface area contributed by atoms with E-state index in [1.165, 1.54) is 74.7 Å². The summed E-state index contributed by atoms with van der Waals surface area (Å²) >= 11 is 5.35. The van der Waals surface area contributed by atoms with Crippen LogP contribution in [0.4, 0.5) is 0 Å². The van der Waals surface area contributed by atoms with Gasteiger partial charge in [0.1, 0.15) is 22.6 Å². The summed E-state index contributed by atoms with van der Waals surface area (Å²) in [7, 11) is 2.09. The molecule has 3 saturated heterocycles. The van der Waals surface area contributed by atoms with Crippen LogP contribution in [-0.2, 0) is 9.47 Å². The Morgan fingerprint density at radius 2 is 0.772 bits per heavy atom. The summed E-state index contributed by atoms with van der Waals surface area (Å²) in [5.74, 6) is 0.530. The molecule has 3 aliphatic heterocycles. The first-order chi connectivity index (χ1) is 55.2. The number of carboxylic acid groups (broad SMARTS) is 1. The first-order valence-electron chi connectivity index (χ1n) is 39.1. The highest BCUT2D eigenvalue weighted by Crippen LogP contribution is 2.41. The Kier molecular flexibility index (Phi) is 22.8. The molecule has 15 heterocycles. The van der Waals surface area contributed by atoms with Gasteiger partial charge in [0.05, 0.1) is 49.2 Å². The molecule has 19 rings (SSSR count). The van der Waals surface area contributed by atoms with Crippen LogP contribution >= 0.6 is 45.3 Å². The summed E-state index contributed by atoms with van der Waals surface area (Å²) in [6.07, 6.45) is 42.3. The summed E-state index contributed by atoms with van der Waals surface area (Å²) < 4.78 is 10.7. The van der Waals surface area contributed by atoms with Gasteiger partial charge in [0, 0.05) is 178 Å². The Morgan fingerprint density at radius 1 is 0.447 bits per heavy atom. The van der Waals surface area contributed by atoms with E-state index in [0.717, 1.165) is 188 Å². The standard InChI is InChI=1S/C23H27N5OS.C23H24N4O2S.C22H24N4O2S.C19H17N3O2S/c1-15-3-5-16(6-4-15)17-11-18-19(13-25-21(18)24-12-17)20-14-30-22(26-20)23(29)28-9-7-27(2)8-10-28;1-23(2)5-3-15(4-6-23)16-11-17-18(13-25-20(17)24-12-16)19-14-30-21(26-19)22(28)27-7-9-29-10-8-27;1-14-2-4-15(5-3-14)16-10-17-18(12-24-20(17)23-11-16)19-13-29-21(25-19)22(27)26-6-8-28-9-7-26;1-19(2)5-3-11(4-6-19)12-7-13-14(9-21-16(13)20-8-12)15-10-25-17(22-15)18(23)24/h5,11-15H,3-4,6-10H2,1-2H3,(H,24,25);3-5,11-14H,6-10H2,1-2H3,(H,24,25);4,10-14H,2-3,5-9H2,1H3,(H,23,24);3-5,7-10H,6H2,1-2H3,(H,20,21)(H,23,24). The molecule has 5 N–H and O–H groups in total. The number of amides is 3. The summed E-state index contributed by atoms with van der Waals surface area (Å²) in [5.41, 5.74) is 20.3. The lowest BCUT2D eigenvalue weighted by atomic mass is 9.83. The Hall–Kier alpha value is -10.5. The minimum Gasteiger partial charge on any atom is -0.476 e. The molecule has 0 radical (unpaired) electrons. The molecule has 0 spiro atoms. The average Bonchev–Trinajstić information content (AvgIpc) is 1.64. The van der Waals surface area contributed by atoms with Gasteiger partial charge in [0.15, 0.2) is 15.0 Å². The molecular weight excluding hydrogens is 1510 g/mol. The maximum absolute atomic E-state index is 12.9. The maximum Gasteiger partial charge on any atom is 0.365 e. The molecule has 12 aromatic rings. The Labute approximate surface area is 676 Å². The van der Waals surface area contributed by atoms with Crippen molar-refractivity contribution in [3.63, 3.8) is 0 Å². The van der Waals surface area contributed by atoms with E-state index in [9.17, 15) is 19.2 Å². The first-order valence-corrected chi connectivity index (χ1v) is 42.6. The number of hydrogen-bond donors (Lipinski definition) is 5. The second-order valence-corrected chi connectivity index (χ2v) is 35.2. The van der Waals surface area contributed by atoms with E-state index < -0.39 is 5.97 Å². The molecule has 27 heteroatoms. The van der Waals surface area contributed by atoms with E-state index in [0.29, 0.717) is 73.3 Å². The van der Waals surface area contributed by atoms with Crippen molar-refractivity contribution in [1.82, 2.24) is 79.4 Å². The fourth-order valence-corrected chi connectivity index (χ4v) is 18.0. The number of carboxylic acids is 1. The van der Waals surface area contributed by atoms with Gasteiger partial charge in [-0.25, -0.2) is 44.7 Å². The minimum absolute atomic E-state index is 0.00955. The molecule has 23 nitrogen and oxygen atoms in total. The van der Waals surface area contributed by atoms with Crippen LogP contribution in [0.1, 0.15) is 154 Å². The predicted octanol–water partition coefficient (Wildman–Crippen LogP) is 17.9. The quantitative estimate of drug-likeness (QED) is 0.0760. The van der Waals surface area contributed by atoms with Crippen molar-refractivity contribution >= 4 is 135 Å². The third-order valence-electron chi connectivity index (χ3n) is 22.2. The van der Waals surface area contributed by atoms with E-state index in [-0.39, 0.29) is 33.6 Å². The zero-order chi connectivity index (χ0) is 78.8. The number of pyridine rings is 4. The molecule has 2 unspecified atom stereocenters. The van der Waals surface area contributed by atoms with E-state index in [1.807, 2.05) is 80.4 Å². The molecule has 0 saturated carbocycles. The molecule has 2 atom stereocenters. The van der Waals surface area contributed by atoms with E-state index in [4.69, 9.17) is 19.6 Å². The summed E-state index contributed by atoms with van der Waals surface area (Å²) in [6, 6.07) is 8.67. The van der Waals surface area contributed by atoms with Gasteiger partial charge in [-0.2, -0.15) is 0 Å². The number of ether oxygens (including phenoxy) is 2. The predicted molar refractivity (Wildman–Crippen MR) is 456 cm³/mol. The molecular formula is C87H92N16O7S4. The van der Waals surface area contributed by atoms with Crippen LogP contribution in [0, 0.1) is 22.7 Å². The molecule has 114 heavy (non-hydrogen) atoms. The highest BCUT2D eigenvalue weighted by molar-refractivity contribution is 7.13. The van der Waals surface area contributed by atoms with Crippen molar-refractivity contribution in [1.29, 1.82) is 0 Å². The number of nitrogens with zero attached hydrogens (tertiary/aromatic N) is 12. The number of aromatic carboxylic acids is 1. The zero-order valence-corrected chi connectivity index (χ0v) is 68.3. The van der Waals surface area contributed by atoms with Crippen molar-refractivity contribution in [3.8, 4) is 45.0 Å². The molecule has 3 amide bonds. The number of carbonyl (C=O) groups is 4. The number of aromatic amines is 4. The van der Waals surface area contributed by atoms with Gasteiger partial charge in [-0.1, -0.05) is 90.2 Å². The first kappa shape index (κ1) is 77.4. The number of rotatable bonds is 12. The Balaban J connectivity index is 0.000000115. The highest BCUT2D eigenvalue weighted by atomic mass is 32.1. The van der Waals surface area contributed by atoms with Crippen molar-refractivity contribution in [2.24, 2.45) is 22.7 Å². The van der Waals surface area contributed by atoms with Gasteiger partial charge < -0.3 is 54.1 Å². The highest BCUT2D eigenvalue weighted by Gasteiger charge is 2.29. The summed E-state index contributed by atoms with van der Waals surface area (Å²) in [6.45, 7) is 21.7. The normalized spacial score (nSPS) is 19.0.